The van der Waals surface area contributed by atoms with Gasteiger partial charge in [-0.3, -0.25) is 5.32 Å². The van der Waals surface area contributed by atoms with E-state index in [9.17, 15) is 0 Å². The van der Waals surface area contributed by atoms with Crippen molar-refractivity contribution in [3.63, 3.8) is 0 Å². The zero-order valence-corrected chi connectivity index (χ0v) is 16.0. The highest BCUT2D eigenvalue weighted by Gasteiger charge is 2.13. The van der Waals surface area contributed by atoms with Gasteiger partial charge in [0.1, 0.15) is 0 Å². The van der Waals surface area contributed by atoms with Crippen molar-refractivity contribution in [2.75, 3.05) is 10.6 Å². The van der Waals surface area contributed by atoms with E-state index in [1.165, 1.54) is 11.1 Å². The maximum absolute atomic E-state index is 5.35. The van der Waals surface area contributed by atoms with Gasteiger partial charge in [-0.25, -0.2) is 4.52 Å². The van der Waals surface area contributed by atoms with Crippen LogP contribution in [0.2, 0.25) is 0 Å². The molecular weight excluding hydrogens is 362 g/mol. The van der Waals surface area contributed by atoms with Gasteiger partial charge in [0.25, 0.3) is 0 Å². The van der Waals surface area contributed by atoms with Crippen LogP contribution in [0.5, 0.6) is 0 Å². The molecule has 7 heteroatoms. The fourth-order valence-electron chi connectivity index (χ4n) is 2.81. The number of anilines is 2. The molecule has 0 saturated carbocycles. The zero-order chi connectivity index (χ0) is 18.1. The number of fused-ring (bicyclic) bond motifs is 1. The highest BCUT2D eigenvalue weighted by atomic mass is 32.1. The van der Waals surface area contributed by atoms with Crippen molar-refractivity contribution in [1.82, 2.24) is 14.6 Å². The van der Waals surface area contributed by atoms with Gasteiger partial charge < -0.3 is 5.32 Å². The first-order valence-electron chi connectivity index (χ1n) is 8.15. The number of aromatic nitrogens is 3. The third kappa shape index (κ3) is 3.31. The lowest BCUT2D eigenvalue weighted by Crippen LogP contribution is -2.19. The zero-order valence-electron chi connectivity index (χ0n) is 14.4. The maximum Gasteiger partial charge on any atom is 0.250 e. The lowest BCUT2D eigenvalue weighted by Gasteiger charge is -2.07. The van der Waals surface area contributed by atoms with Crippen LogP contribution in [0.15, 0.2) is 53.9 Å². The summed E-state index contributed by atoms with van der Waals surface area (Å²) in [5, 5.41) is 13.3. The van der Waals surface area contributed by atoms with E-state index in [0.717, 1.165) is 21.9 Å². The third-order valence-corrected chi connectivity index (χ3v) is 5.02. The Kier molecular flexibility index (Phi) is 4.40. The summed E-state index contributed by atoms with van der Waals surface area (Å²) in [4.78, 5) is 5.34. The van der Waals surface area contributed by atoms with Gasteiger partial charge >= 0.3 is 0 Å². The molecule has 0 fully saturated rings. The molecule has 2 aromatic heterocycles. The van der Waals surface area contributed by atoms with Crippen LogP contribution >= 0.6 is 23.6 Å². The molecule has 0 spiro atoms. The highest BCUT2D eigenvalue weighted by molar-refractivity contribution is 7.80. The molecule has 0 bridgehead atoms. The molecule has 0 radical (unpaired) electrons. The molecule has 5 nitrogen and oxygen atoms in total. The molecule has 26 heavy (non-hydrogen) atoms. The Balaban J connectivity index is 1.59. The molecule has 2 heterocycles. The number of hydrogen-bond donors (Lipinski definition) is 2. The van der Waals surface area contributed by atoms with Gasteiger partial charge in [-0.15, -0.1) is 16.4 Å². The van der Waals surface area contributed by atoms with Crippen molar-refractivity contribution < 1.29 is 0 Å². The van der Waals surface area contributed by atoms with Crippen LogP contribution < -0.4 is 10.6 Å². The monoisotopic (exact) mass is 379 g/mol. The molecule has 0 aliphatic rings. The number of para-hydroxylation sites is 1. The van der Waals surface area contributed by atoms with Gasteiger partial charge in [0.2, 0.25) is 10.9 Å². The lowest BCUT2D eigenvalue weighted by molar-refractivity contribution is 0.989. The van der Waals surface area contributed by atoms with Gasteiger partial charge in [-0.2, -0.15) is 4.98 Å². The normalized spacial score (nSPS) is 10.8. The average molecular weight is 380 g/mol. The molecule has 2 N–H and O–H groups in total. The fraction of sp³-hybridized carbons (Fsp3) is 0.105. The average Bonchev–Trinajstić information content (AvgIpc) is 3.16. The van der Waals surface area contributed by atoms with Crippen molar-refractivity contribution >= 4 is 45.3 Å². The van der Waals surface area contributed by atoms with Crippen LogP contribution in [0.4, 0.5) is 11.6 Å². The highest BCUT2D eigenvalue weighted by Crippen LogP contribution is 2.28. The first-order valence-corrected chi connectivity index (χ1v) is 9.44. The molecule has 0 saturated heterocycles. The number of thiazole rings is 1. The molecule has 130 valence electrons. The minimum atomic E-state index is 0.461. The van der Waals surface area contributed by atoms with E-state index in [4.69, 9.17) is 12.2 Å². The number of hydrogen-bond acceptors (Lipinski definition) is 4. The molecule has 0 aliphatic carbocycles. The second-order valence-electron chi connectivity index (χ2n) is 6.01. The summed E-state index contributed by atoms with van der Waals surface area (Å²) in [5.41, 5.74) is 5.57. The summed E-state index contributed by atoms with van der Waals surface area (Å²) < 4.78 is 1.86. The summed E-state index contributed by atoms with van der Waals surface area (Å²) in [6, 6.07) is 16.2. The van der Waals surface area contributed by atoms with Gasteiger partial charge in [0.15, 0.2) is 5.11 Å². The smallest absolute Gasteiger partial charge is 0.250 e. The van der Waals surface area contributed by atoms with E-state index in [0.29, 0.717) is 11.1 Å². The Morgan fingerprint density at radius 2 is 1.88 bits per heavy atom. The van der Waals surface area contributed by atoms with Crippen LogP contribution in [0.3, 0.4) is 0 Å². The fourth-order valence-corrected chi connectivity index (χ4v) is 3.84. The summed E-state index contributed by atoms with van der Waals surface area (Å²) in [6.45, 7) is 4.21. The SMILES string of the molecule is Cc1ccc(-c2csc3nc(NC(=S)Nc4ccccc4)nn23)c(C)c1. The summed E-state index contributed by atoms with van der Waals surface area (Å²) in [7, 11) is 0. The Bertz CT molecular complexity index is 1080. The largest absolute Gasteiger partial charge is 0.332 e. The number of aryl methyl sites for hydroxylation is 2. The van der Waals surface area contributed by atoms with Crippen LogP contribution in [0, 0.1) is 13.8 Å². The quantitative estimate of drug-likeness (QED) is 0.497. The van der Waals surface area contributed by atoms with Crippen LogP contribution in [-0.2, 0) is 0 Å². The van der Waals surface area contributed by atoms with Crippen molar-refractivity contribution in [3.8, 4) is 11.3 Å². The topological polar surface area (TPSA) is 54.2 Å². The number of rotatable bonds is 3. The van der Waals surface area contributed by atoms with Gasteiger partial charge in [0, 0.05) is 16.6 Å². The molecule has 0 atom stereocenters. The van der Waals surface area contributed by atoms with E-state index in [-0.39, 0.29) is 0 Å². The standard InChI is InChI=1S/C19H17N5S2/c1-12-8-9-15(13(2)10-12)16-11-26-19-22-17(23-24(16)19)21-18(25)20-14-6-4-3-5-7-14/h3-11H,1-2H3,(H2,20,21,23,25). The van der Waals surface area contributed by atoms with E-state index in [2.05, 4.69) is 58.1 Å². The minimum Gasteiger partial charge on any atom is -0.332 e. The number of nitrogens with one attached hydrogen (secondary N) is 2. The molecule has 0 aliphatic heterocycles. The van der Waals surface area contributed by atoms with Crippen molar-refractivity contribution in [2.45, 2.75) is 13.8 Å². The molecule has 2 aromatic carbocycles. The molecule has 0 unspecified atom stereocenters. The second-order valence-corrected chi connectivity index (χ2v) is 7.26. The van der Waals surface area contributed by atoms with Gasteiger partial charge in [-0.05, 0) is 43.8 Å². The van der Waals surface area contributed by atoms with Crippen LogP contribution in [0.25, 0.3) is 16.2 Å². The van der Waals surface area contributed by atoms with Crippen molar-refractivity contribution in [2.24, 2.45) is 0 Å². The Morgan fingerprint density at radius 3 is 2.65 bits per heavy atom. The number of benzene rings is 2. The van der Waals surface area contributed by atoms with Gasteiger partial charge in [0.05, 0.1) is 5.69 Å². The number of nitrogens with zero attached hydrogens (tertiary/aromatic N) is 3. The Morgan fingerprint density at radius 1 is 1.08 bits per heavy atom. The van der Waals surface area contributed by atoms with E-state index >= 15 is 0 Å². The van der Waals surface area contributed by atoms with Crippen molar-refractivity contribution in [1.29, 1.82) is 0 Å². The number of thiocarbonyl (C=S) groups is 1. The summed E-state index contributed by atoms with van der Waals surface area (Å²) in [6.07, 6.45) is 0. The first kappa shape index (κ1) is 16.7. The van der Waals surface area contributed by atoms with E-state index in [1.54, 1.807) is 11.3 Å². The maximum atomic E-state index is 5.35. The molecular formula is C19H17N5S2. The molecule has 4 aromatic rings. The third-order valence-electron chi connectivity index (χ3n) is 4.00. The van der Waals surface area contributed by atoms with E-state index < -0.39 is 0 Å². The lowest BCUT2D eigenvalue weighted by atomic mass is 10.0. The minimum absolute atomic E-state index is 0.461. The van der Waals surface area contributed by atoms with Crippen LogP contribution in [-0.4, -0.2) is 19.7 Å². The first-order chi connectivity index (χ1) is 12.6. The predicted octanol–water partition coefficient (Wildman–Crippen LogP) is 4.88. The predicted molar refractivity (Wildman–Crippen MR) is 112 cm³/mol. The Hall–Kier alpha value is -2.77. The molecule has 0 amide bonds. The Labute approximate surface area is 160 Å². The van der Waals surface area contributed by atoms with E-state index in [1.807, 2.05) is 34.8 Å². The second kappa shape index (κ2) is 6.86. The van der Waals surface area contributed by atoms with Crippen molar-refractivity contribution in [3.05, 3.63) is 65.0 Å². The van der Waals surface area contributed by atoms with Gasteiger partial charge in [-0.1, -0.05) is 42.0 Å². The van der Waals surface area contributed by atoms with Crippen LogP contribution in [0.1, 0.15) is 11.1 Å². The summed E-state index contributed by atoms with van der Waals surface area (Å²) >= 11 is 6.91. The summed E-state index contributed by atoms with van der Waals surface area (Å²) in [5.74, 6) is 0.483. The molecule has 4 rings (SSSR count).